The maximum absolute atomic E-state index is 9.55. The van der Waals surface area contributed by atoms with Crippen molar-refractivity contribution in [1.29, 1.82) is 0 Å². The molecule has 2 aromatic carbocycles. The van der Waals surface area contributed by atoms with Crippen LogP contribution in [0.4, 0.5) is 0 Å². The lowest BCUT2D eigenvalue weighted by atomic mass is 9.92. The number of carboxylic acids is 2. The third-order valence-electron chi connectivity index (χ3n) is 5.28. The van der Waals surface area contributed by atoms with Gasteiger partial charge in [-0.3, -0.25) is 4.90 Å². The molecule has 0 saturated carbocycles. The van der Waals surface area contributed by atoms with Gasteiger partial charge < -0.3 is 19.7 Å². The van der Waals surface area contributed by atoms with Crippen LogP contribution in [0.2, 0.25) is 5.02 Å². The van der Waals surface area contributed by atoms with Crippen molar-refractivity contribution in [1.82, 2.24) is 4.90 Å². The van der Waals surface area contributed by atoms with Gasteiger partial charge in [-0.1, -0.05) is 23.7 Å². The molecule has 0 spiro atoms. The monoisotopic (exact) mass is 461 g/mol. The number of nitrogens with zero attached hydrogens (tertiary/aromatic N) is 1. The van der Waals surface area contributed by atoms with Crippen molar-refractivity contribution in [2.24, 2.45) is 0 Å². The summed E-state index contributed by atoms with van der Waals surface area (Å²) in [5, 5.41) is 16.4. The van der Waals surface area contributed by atoms with E-state index in [0.29, 0.717) is 18.2 Å². The number of rotatable bonds is 7. The lowest BCUT2D eigenvalue weighted by Gasteiger charge is -2.35. The van der Waals surface area contributed by atoms with Gasteiger partial charge in [0.15, 0.2) is 11.5 Å². The quantitative estimate of drug-likeness (QED) is 0.595. The fourth-order valence-electron chi connectivity index (χ4n) is 3.57. The first-order valence-electron chi connectivity index (χ1n) is 10.1. The minimum Gasteiger partial charge on any atom is -0.493 e. The number of hydrogen-bond acceptors (Lipinski definition) is 5. The molecule has 2 aromatic rings. The number of ether oxygens (including phenoxy) is 2. The molecule has 0 amide bonds. The second-order valence-corrected chi connectivity index (χ2v) is 7.69. The highest BCUT2D eigenvalue weighted by Gasteiger charge is 2.25. The molecule has 0 fully saturated rings. The van der Waals surface area contributed by atoms with Crippen LogP contribution in [0, 0.1) is 0 Å². The highest BCUT2D eigenvalue weighted by atomic mass is 35.5. The molecule has 32 heavy (non-hydrogen) atoms. The van der Waals surface area contributed by atoms with E-state index < -0.39 is 11.9 Å². The van der Waals surface area contributed by atoms with Crippen LogP contribution in [0.15, 0.2) is 48.6 Å². The van der Waals surface area contributed by atoms with Crippen molar-refractivity contribution in [3.8, 4) is 11.5 Å². The van der Waals surface area contributed by atoms with E-state index in [1.165, 1.54) is 16.7 Å². The summed E-state index contributed by atoms with van der Waals surface area (Å²) in [5.41, 5.74) is 4.03. The Morgan fingerprint density at radius 2 is 1.62 bits per heavy atom. The number of carbonyl (C=O) groups is 2. The number of hydrogen-bond donors (Lipinski definition) is 2. The second-order valence-electron chi connectivity index (χ2n) is 7.25. The van der Waals surface area contributed by atoms with Gasteiger partial charge in [0.25, 0.3) is 0 Å². The van der Waals surface area contributed by atoms with Gasteiger partial charge in [0.05, 0.1) is 14.2 Å². The van der Waals surface area contributed by atoms with Gasteiger partial charge in [-0.05, 0) is 60.7 Å². The van der Waals surface area contributed by atoms with E-state index in [-0.39, 0.29) is 0 Å². The molecule has 1 aliphatic heterocycles. The molecule has 172 valence electrons. The Morgan fingerprint density at radius 1 is 1.06 bits per heavy atom. The number of benzene rings is 2. The van der Waals surface area contributed by atoms with E-state index >= 15 is 0 Å². The van der Waals surface area contributed by atoms with Crippen molar-refractivity contribution in [2.75, 3.05) is 27.3 Å². The van der Waals surface area contributed by atoms with Crippen molar-refractivity contribution in [2.45, 2.75) is 25.8 Å². The summed E-state index contributed by atoms with van der Waals surface area (Å²) < 4.78 is 10.9. The van der Waals surface area contributed by atoms with E-state index in [4.69, 9.17) is 31.3 Å². The lowest BCUT2D eigenvalue weighted by Crippen LogP contribution is -2.35. The van der Waals surface area contributed by atoms with Crippen molar-refractivity contribution in [3.05, 3.63) is 70.3 Å². The third-order valence-corrected chi connectivity index (χ3v) is 5.53. The largest absolute Gasteiger partial charge is 0.493 e. The molecule has 0 aliphatic carbocycles. The van der Waals surface area contributed by atoms with Crippen molar-refractivity contribution >= 4 is 23.5 Å². The summed E-state index contributed by atoms with van der Waals surface area (Å²) in [7, 11) is 3.38. The normalized spacial score (nSPS) is 15.4. The number of aliphatic carboxylic acids is 2. The molecule has 3 rings (SSSR count). The molecular weight excluding hydrogens is 434 g/mol. The summed E-state index contributed by atoms with van der Waals surface area (Å²) in [6, 6.07) is 12.8. The average molecular weight is 462 g/mol. The Hall–Kier alpha value is -3.03. The summed E-state index contributed by atoms with van der Waals surface area (Å²) in [6.07, 6.45) is 3.19. The summed E-state index contributed by atoms with van der Waals surface area (Å²) >= 11 is 5.96. The zero-order chi connectivity index (χ0) is 23.7. The number of halogens is 1. The Morgan fingerprint density at radius 3 is 2.16 bits per heavy atom. The predicted octanol–water partition coefficient (Wildman–Crippen LogP) is 4.23. The Balaban J connectivity index is 0.000000390. The third kappa shape index (κ3) is 7.28. The molecule has 2 N–H and O–H groups in total. The van der Waals surface area contributed by atoms with Crippen LogP contribution in [-0.2, 0) is 22.4 Å². The number of fused-ring (bicyclic) bond motifs is 1. The molecule has 0 bridgehead atoms. The molecule has 8 heteroatoms. The van der Waals surface area contributed by atoms with Gasteiger partial charge in [-0.25, -0.2) is 9.59 Å². The molecule has 0 radical (unpaired) electrons. The number of carboxylic acid groups (broad SMARTS) is 2. The summed E-state index contributed by atoms with van der Waals surface area (Å²) in [5.74, 6) is -0.888. The molecule has 1 heterocycles. The molecule has 0 saturated heterocycles. The van der Waals surface area contributed by atoms with Crippen molar-refractivity contribution in [3.63, 3.8) is 0 Å². The molecule has 1 aliphatic rings. The topological polar surface area (TPSA) is 96.3 Å². The lowest BCUT2D eigenvalue weighted by molar-refractivity contribution is -0.134. The predicted molar refractivity (Wildman–Crippen MR) is 123 cm³/mol. The van der Waals surface area contributed by atoms with Crippen LogP contribution >= 0.6 is 11.6 Å². The molecular formula is C24H28ClNO6. The highest BCUT2D eigenvalue weighted by Crippen LogP contribution is 2.37. The van der Waals surface area contributed by atoms with Crippen LogP contribution in [0.25, 0.3) is 0 Å². The average Bonchev–Trinajstić information content (AvgIpc) is 2.78. The van der Waals surface area contributed by atoms with Crippen LogP contribution < -0.4 is 9.47 Å². The van der Waals surface area contributed by atoms with E-state index in [1.54, 1.807) is 14.2 Å². The van der Waals surface area contributed by atoms with Crippen molar-refractivity contribution < 1.29 is 29.3 Å². The first-order chi connectivity index (χ1) is 15.2. The minimum atomic E-state index is -1.26. The maximum Gasteiger partial charge on any atom is 0.328 e. The van der Waals surface area contributed by atoms with Gasteiger partial charge in [0.1, 0.15) is 0 Å². The first kappa shape index (κ1) is 25.2. The SMILES string of the molecule is COc1cc2c(cc1OC)C(C)N(CCc1ccc(Cl)cc1)CC2.O=C(O)/C=C\C(=O)O. The molecule has 1 unspecified atom stereocenters. The highest BCUT2D eigenvalue weighted by molar-refractivity contribution is 6.30. The summed E-state index contributed by atoms with van der Waals surface area (Å²) in [4.78, 5) is 21.6. The zero-order valence-corrected chi connectivity index (χ0v) is 19.1. The smallest absolute Gasteiger partial charge is 0.328 e. The van der Waals surface area contributed by atoms with E-state index in [1.807, 2.05) is 12.1 Å². The van der Waals surface area contributed by atoms with Gasteiger partial charge in [-0.2, -0.15) is 0 Å². The number of methoxy groups -OCH3 is 2. The Bertz CT molecular complexity index is 942. The van der Waals surface area contributed by atoms with Crippen LogP contribution in [0.3, 0.4) is 0 Å². The fraction of sp³-hybridized carbons (Fsp3) is 0.333. The van der Waals surface area contributed by atoms with E-state index in [2.05, 4.69) is 36.1 Å². The van der Waals surface area contributed by atoms with Gasteiger partial charge >= 0.3 is 11.9 Å². The van der Waals surface area contributed by atoms with Gasteiger partial charge in [0, 0.05) is 36.3 Å². The molecule has 0 aromatic heterocycles. The van der Waals surface area contributed by atoms with E-state index in [0.717, 1.165) is 42.5 Å². The Kier molecular flexibility index (Phi) is 9.56. The van der Waals surface area contributed by atoms with Crippen LogP contribution in [0.5, 0.6) is 11.5 Å². The standard InChI is InChI=1S/C20H24ClNO2.C4H4O4/c1-14-18-13-20(24-3)19(23-2)12-16(18)9-11-22(14)10-8-15-4-6-17(21)7-5-15;5-3(6)1-2-4(7)8/h4-7,12-14H,8-11H2,1-3H3;1-2H,(H,5,6)(H,7,8)/b;2-1-. The molecule has 1 atom stereocenters. The maximum atomic E-state index is 9.55. The van der Waals surface area contributed by atoms with Crippen LogP contribution in [-0.4, -0.2) is 54.4 Å². The summed E-state index contributed by atoms with van der Waals surface area (Å²) in [6.45, 7) is 4.37. The molecule has 7 nitrogen and oxygen atoms in total. The van der Waals surface area contributed by atoms with Gasteiger partial charge in [0.2, 0.25) is 0 Å². The minimum absolute atomic E-state index is 0.376. The zero-order valence-electron chi connectivity index (χ0n) is 18.4. The van der Waals surface area contributed by atoms with Gasteiger partial charge in [-0.15, -0.1) is 0 Å². The fourth-order valence-corrected chi connectivity index (χ4v) is 3.69. The first-order valence-corrected chi connectivity index (χ1v) is 10.5. The Labute approximate surface area is 192 Å². The van der Waals surface area contributed by atoms with Crippen LogP contribution in [0.1, 0.15) is 29.7 Å². The van der Waals surface area contributed by atoms with E-state index in [9.17, 15) is 9.59 Å². The second kappa shape index (κ2) is 12.1.